The third-order valence-corrected chi connectivity index (χ3v) is 1.68. The first-order valence-corrected chi connectivity index (χ1v) is 3.57. The van der Waals surface area contributed by atoms with Crippen LogP contribution in [0, 0.1) is 0 Å². The standard InChI is InChI=1S/C8H12O2/c1-7(6-9)5-8-3-2-4-10-8/h6,8H,1-5H2. The number of hydrogen-bond donors (Lipinski definition) is 0. The maximum absolute atomic E-state index is 10.1. The highest BCUT2D eigenvalue weighted by atomic mass is 16.5. The summed E-state index contributed by atoms with van der Waals surface area (Å²) < 4.78 is 5.31. The summed E-state index contributed by atoms with van der Waals surface area (Å²) in [7, 11) is 0. The lowest BCUT2D eigenvalue weighted by molar-refractivity contribution is -0.105. The van der Waals surface area contributed by atoms with E-state index in [9.17, 15) is 4.79 Å². The minimum absolute atomic E-state index is 0.262. The average Bonchev–Trinajstić information content (AvgIpc) is 2.40. The molecule has 1 fully saturated rings. The molecule has 2 nitrogen and oxygen atoms in total. The Morgan fingerprint density at radius 2 is 2.60 bits per heavy atom. The number of ether oxygens (including phenoxy) is 1. The molecule has 0 N–H and O–H groups in total. The number of carbonyl (C=O) groups excluding carboxylic acids is 1. The van der Waals surface area contributed by atoms with Gasteiger partial charge in [0.2, 0.25) is 0 Å². The average molecular weight is 140 g/mol. The smallest absolute Gasteiger partial charge is 0.145 e. The van der Waals surface area contributed by atoms with E-state index in [1.165, 1.54) is 0 Å². The van der Waals surface area contributed by atoms with E-state index in [0.717, 1.165) is 25.7 Å². The van der Waals surface area contributed by atoms with Gasteiger partial charge in [0.25, 0.3) is 0 Å². The van der Waals surface area contributed by atoms with E-state index in [2.05, 4.69) is 6.58 Å². The summed E-state index contributed by atoms with van der Waals surface area (Å²) in [5, 5.41) is 0. The monoisotopic (exact) mass is 140 g/mol. The summed E-state index contributed by atoms with van der Waals surface area (Å²) in [5.41, 5.74) is 0.645. The largest absolute Gasteiger partial charge is 0.378 e. The van der Waals surface area contributed by atoms with Crippen LogP contribution in [0.25, 0.3) is 0 Å². The Balaban J connectivity index is 2.23. The second-order valence-electron chi connectivity index (χ2n) is 2.62. The third kappa shape index (κ3) is 1.95. The van der Waals surface area contributed by atoms with Crippen molar-refractivity contribution in [2.75, 3.05) is 6.61 Å². The molecule has 56 valence electrons. The van der Waals surface area contributed by atoms with Gasteiger partial charge in [-0.2, -0.15) is 0 Å². The highest BCUT2D eigenvalue weighted by Crippen LogP contribution is 2.17. The van der Waals surface area contributed by atoms with Crippen LogP contribution in [0.5, 0.6) is 0 Å². The summed E-state index contributed by atoms with van der Waals surface area (Å²) in [6.07, 6.45) is 3.98. The van der Waals surface area contributed by atoms with Crippen molar-refractivity contribution in [1.29, 1.82) is 0 Å². The Morgan fingerprint density at radius 1 is 1.80 bits per heavy atom. The lowest BCUT2D eigenvalue weighted by atomic mass is 10.1. The van der Waals surface area contributed by atoms with Crippen LogP contribution < -0.4 is 0 Å². The van der Waals surface area contributed by atoms with E-state index in [1.807, 2.05) is 0 Å². The molecule has 1 rings (SSSR count). The predicted molar refractivity (Wildman–Crippen MR) is 38.8 cm³/mol. The maximum atomic E-state index is 10.1. The van der Waals surface area contributed by atoms with Crippen molar-refractivity contribution in [3.05, 3.63) is 12.2 Å². The molecule has 0 aromatic carbocycles. The molecule has 0 aromatic rings. The molecule has 0 saturated carbocycles. The fraction of sp³-hybridized carbons (Fsp3) is 0.625. The first kappa shape index (κ1) is 7.48. The normalized spacial score (nSPS) is 24.6. The molecule has 0 bridgehead atoms. The number of aldehydes is 1. The molecular formula is C8H12O2. The van der Waals surface area contributed by atoms with E-state index in [1.54, 1.807) is 0 Å². The van der Waals surface area contributed by atoms with Crippen LogP contribution in [0.15, 0.2) is 12.2 Å². The Hall–Kier alpha value is -0.630. The highest BCUT2D eigenvalue weighted by molar-refractivity contribution is 5.71. The Labute approximate surface area is 60.9 Å². The zero-order chi connectivity index (χ0) is 7.40. The zero-order valence-electron chi connectivity index (χ0n) is 6.01. The number of rotatable bonds is 3. The molecular weight excluding hydrogens is 128 g/mol. The van der Waals surface area contributed by atoms with Gasteiger partial charge in [-0.1, -0.05) is 6.58 Å². The summed E-state index contributed by atoms with van der Waals surface area (Å²) in [4.78, 5) is 10.1. The SMILES string of the molecule is C=C(C=O)CC1CCCO1. The first-order chi connectivity index (χ1) is 4.83. The minimum atomic E-state index is 0.262. The molecule has 1 heterocycles. The zero-order valence-corrected chi connectivity index (χ0v) is 6.01. The second-order valence-corrected chi connectivity index (χ2v) is 2.62. The summed E-state index contributed by atoms with van der Waals surface area (Å²) in [6, 6.07) is 0. The molecule has 1 atom stereocenters. The molecule has 10 heavy (non-hydrogen) atoms. The molecule has 1 aliphatic rings. The predicted octanol–water partition coefficient (Wildman–Crippen LogP) is 1.31. The van der Waals surface area contributed by atoms with Crippen molar-refractivity contribution in [3.63, 3.8) is 0 Å². The van der Waals surface area contributed by atoms with E-state index < -0.39 is 0 Å². The fourth-order valence-electron chi connectivity index (χ4n) is 1.15. The van der Waals surface area contributed by atoms with Crippen LogP contribution >= 0.6 is 0 Å². The van der Waals surface area contributed by atoms with Gasteiger partial charge in [0.05, 0.1) is 6.10 Å². The quantitative estimate of drug-likeness (QED) is 0.436. The lowest BCUT2D eigenvalue weighted by Crippen LogP contribution is -2.05. The maximum Gasteiger partial charge on any atom is 0.145 e. The molecule has 0 spiro atoms. The van der Waals surface area contributed by atoms with Gasteiger partial charge in [0, 0.05) is 13.0 Å². The van der Waals surface area contributed by atoms with Gasteiger partial charge >= 0.3 is 0 Å². The van der Waals surface area contributed by atoms with Crippen LogP contribution in [-0.4, -0.2) is 19.0 Å². The van der Waals surface area contributed by atoms with E-state index in [0.29, 0.717) is 12.0 Å². The van der Waals surface area contributed by atoms with Crippen LogP contribution in [0.2, 0.25) is 0 Å². The number of hydrogen-bond acceptors (Lipinski definition) is 2. The first-order valence-electron chi connectivity index (χ1n) is 3.57. The Bertz CT molecular complexity index is 134. The summed E-state index contributed by atoms with van der Waals surface area (Å²) in [6.45, 7) is 4.43. The van der Waals surface area contributed by atoms with Crippen molar-refractivity contribution >= 4 is 6.29 Å². The van der Waals surface area contributed by atoms with E-state index >= 15 is 0 Å². The molecule has 1 saturated heterocycles. The van der Waals surface area contributed by atoms with Gasteiger partial charge in [-0.25, -0.2) is 0 Å². The highest BCUT2D eigenvalue weighted by Gasteiger charge is 2.15. The van der Waals surface area contributed by atoms with Gasteiger partial charge in [-0.15, -0.1) is 0 Å². The van der Waals surface area contributed by atoms with Crippen LogP contribution in [0.3, 0.4) is 0 Å². The lowest BCUT2D eigenvalue weighted by Gasteiger charge is -2.06. The van der Waals surface area contributed by atoms with Crippen LogP contribution in [-0.2, 0) is 9.53 Å². The molecule has 1 aliphatic heterocycles. The number of carbonyl (C=O) groups is 1. The van der Waals surface area contributed by atoms with Crippen molar-refractivity contribution in [1.82, 2.24) is 0 Å². The van der Waals surface area contributed by atoms with Gasteiger partial charge < -0.3 is 4.74 Å². The Morgan fingerprint density at radius 3 is 3.10 bits per heavy atom. The summed E-state index contributed by atoms with van der Waals surface area (Å²) in [5.74, 6) is 0. The molecule has 0 aliphatic carbocycles. The van der Waals surface area contributed by atoms with Crippen molar-refractivity contribution in [3.8, 4) is 0 Å². The topological polar surface area (TPSA) is 26.3 Å². The minimum Gasteiger partial charge on any atom is -0.378 e. The van der Waals surface area contributed by atoms with Gasteiger partial charge in [-0.05, 0) is 18.4 Å². The van der Waals surface area contributed by atoms with Gasteiger partial charge in [0.15, 0.2) is 0 Å². The van der Waals surface area contributed by atoms with E-state index in [-0.39, 0.29) is 6.10 Å². The fourth-order valence-corrected chi connectivity index (χ4v) is 1.15. The molecule has 0 radical (unpaired) electrons. The third-order valence-electron chi connectivity index (χ3n) is 1.68. The van der Waals surface area contributed by atoms with Crippen LogP contribution in [0.1, 0.15) is 19.3 Å². The molecule has 0 aromatic heterocycles. The van der Waals surface area contributed by atoms with Crippen molar-refractivity contribution in [2.45, 2.75) is 25.4 Å². The molecule has 0 amide bonds. The van der Waals surface area contributed by atoms with Gasteiger partial charge in [-0.3, -0.25) is 4.79 Å². The molecule has 2 heteroatoms. The second kappa shape index (κ2) is 3.52. The van der Waals surface area contributed by atoms with Gasteiger partial charge in [0.1, 0.15) is 6.29 Å². The Kier molecular flexibility index (Phi) is 2.63. The van der Waals surface area contributed by atoms with Crippen molar-refractivity contribution in [2.24, 2.45) is 0 Å². The van der Waals surface area contributed by atoms with E-state index in [4.69, 9.17) is 4.74 Å². The van der Waals surface area contributed by atoms with Crippen molar-refractivity contribution < 1.29 is 9.53 Å². The molecule has 1 unspecified atom stereocenters. The summed E-state index contributed by atoms with van der Waals surface area (Å²) >= 11 is 0. The van der Waals surface area contributed by atoms with Crippen LogP contribution in [0.4, 0.5) is 0 Å².